The molecular weight excluding hydrogens is 218 g/mol. The summed E-state index contributed by atoms with van der Waals surface area (Å²) in [4.78, 5) is 0. The normalized spacial score (nSPS) is 14.6. The second-order valence-corrected chi connectivity index (χ2v) is 2.57. The van der Waals surface area contributed by atoms with Crippen LogP contribution < -0.4 is 0 Å². The third-order valence-corrected chi connectivity index (χ3v) is 1.44. The molecule has 0 amide bonds. The van der Waals surface area contributed by atoms with Gasteiger partial charge >= 0.3 is 17.8 Å². The quantitative estimate of drug-likeness (QED) is 0.720. The largest absolute Gasteiger partial charge is 0.390 e. The zero-order valence-electron chi connectivity index (χ0n) is 7.04. The predicted molar refractivity (Wildman–Crippen MR) is 33.8 cm³/mol. The summed E-state index contributed by atoms with van der Waals surface area (Å²) in [5.74, 6) is -15.9. The summed E-state index contributed by atoms with van der Waals surface area (Å²) < 4.78 is 77.8. The van der Waals surface area contributed by atoms with E-state index in [9.17, 15) is 26.3 Å². The van der Waals surface area contributed by atoms with Gasteiger partial charge in [0.25, 0.3) is 0 Å². The highest BCUT2D eigenvalue weighted by Crippen LogP contribution is 2.45. The van der Waals surface area contributed by atoms with E-state index < -0.39 is 31.0 Å². The molecule has 0 aliphatic carbocycles. The number of aliphatic hydroxyl groups excluding tert-OH is 1. The van der Waals surface area contributed by atoms with E-state index in [1.807, 2.05) is 0 Å². The predicted octanol–water partition coefficient (Wildman–Crippen LogP) is 1.53. The number of alkyl halides is 6. The molecule has 0 bridgehead atoms. The van der Waals surface area contributed by atoms with E-state index >= 15 is 0 Å². The summed E-state index contributed by atoms with van der Waals surface area (Å²) in [6.07, 6.45) is 0. The molecule has 0 aromatic heterocycles. The van der Waals surface area contributed by atoms with Crippen LogP contribution in [0.3, 0.4) is 0 Å². The Labute approximate surface area is 75.5 Å². The van der Waals surface area contributed by atoms with Gasteiger partial charge in [0.1, 0.15) is 13.2 Å². The van der Waals surface area contributed by atoms with Crippen molar-refractivity contribution in [3.63, 3.8) is 0 Å². The summed E-state index contributed by atoms with van der Waals surface area (Å²) in [5.41, 5.74) is 0. The number of aliphatic hydroxyl groups is 1. The average Bonchev–Trinajstić information content (AvgIpc) is 2.03. The maximum Gasteiger partial charge on any atom is 0.376 e. The third-order valence-electron chi connectivity index (χ3n) is 1.44. The number of ether oxygens (including phenoxy) is 1. The summed E-state index contributed by atoms with van der Waals surface area (Å²) in [5, 5.41) is 7.86. The van der Waals surface area contributed by atoms with Gasteiger partial charge in [0.15, 0.2) is 0 Å². The van der Waals surface area contributed by atoms with Crippen molar-refractivity contribution in [3.05, 3.63) is 0 Å². The van der Waals surface area contributed by atoms with Crippen LogP contribution in [0.15, 0.2) is 0 Å². The van der Waals surface area contributed by atoms with Gasteiger partial charge in [-0.1, -0.05) is 0 Å². The first-order chi connectivity index (χ1) is 6.12. The first kappa shape index (κ1) is 13.5. The second kappa shape index (κ2) is 3.93. The van der Waals surface area contributed by atoms with E-state index in [2.05, 4.69) is 4.74 Å². The summed E-state index contributed by atoms with van der Waals surface area (Å²) in [6.45, 7) is -4.21. The smallest absolute Gasteiger partial charge is 0.376 e. The van der Waals surface area contributed by atoms with Crippen LogP contribution in [0.2, 0.25) is 0 Å². The van der Waals surface area contributed by atoms with Crippen molar-refractivity contribution < 1.29 is 36.2 Å². The van der Waals surface area contributed by atoms with Crippen LogP contribution in [-0.2, 0) is 4.74 Å². The molecule has 0 aliphatic rings. The minimum atomic E-state index is -5.65. The number of methoxy groups -OCH3 is 1. The molecule has 0 saturated heterocycles. The Bertz CT molecular complexity index is 193. The SMILES string of the molecule is COCC(F)(F)C(F)(F)C(F)(F)CO. The van der Waals surface area contributed by atoms with Crippen molar-refractivity contribution in [2.24, 2.45) is 0 Å². The average molecular weight is 226 g/mol. The van der Waals surface area contributed by atoms with Crippen LogP contribution in [0.4, 0.5) is 26.3 Å². The Kier molecular flexibility index (Phi) is 3.79. The first-order valence-corrected chi connectivity index (χ1v) is 3.35. The monoisotopic (exact) mass is 226 g/mol. The van der Waals surface area contributed by atoms with E-state index in [1.54, 1.807) is 0 Å². The van der Waals surface area contributed by atoms with Crippen LogP contribution in [-0.4, -0.2) is 43.2 Å². The van der Waals surface area contributed by atoms with E-state index in [-0.39, 0.29) is 0 Å². The molecule has 0 spiro atoms. The lowest BCUT2D eigenvalue weighted by Crippen LogP contribution is -2.57. The minimum absolute atomic E-state index is 0.668. The van der Waals surface area contributed by atoms with Crippen molar-refractivity contribution in [2.45, 2.75) is 17.8 Å². The second-order valence-electron chi connectivity index (χ2n) is 2.57. The van der Waals surface area contributed by atoms with Crippen LogP contribution in [0, 0.1) is 0 Å². The maximum absolute atomic E-state index is 12.4. The summed E-state index contributed by atoms with van der Waals surface area (Å²) >= 11 is 0. The Hall–Kier alpha value is -0.500. The number of rotatable bonds is 5. The fourth-order valence-corrected chi connectivity index (χ4v) is 0.639. The molecule has 0 unspecified atom stereocenters. The molecule has 0 saturated carbocycles. The highest BCUT2D eigenvalue weighted by atomic mass is 19.3. The first-order valence-electron chi connectivity index (χ1n) is 3.35. The van der Waals surface area contributed by atoms with Gasteiger partial charge in [-0.15, -0.1) is 0 Å². The molecular formula is C6H8F6O2. The molecule has 0 heterocycles. The summed E-state index contributed by atoms with van der Waals surface area (Å²) in [7, 11) is 0.668. The number of halogens is 6. The molecule has 14 heavy (non-hydrogen) atoms. The van der Waals surface area contributed by atoms with Gasteiger partial charge < -0.3 is 9.84 Å². The molecule has 2 nitrogen and oxygen atoms in total. The van der Waals surface area contributed by atoms with E-state index in [1.165, 1.54) is 0 Å². The van der Waals surface area contributed by atoms with Crippen molar-refractivity contribution >= 4 is 0 Å². The van der Waals surface area contributed by atoms with Crippen LogP contribution in [0.5, 0.6) is 0 Å². The van der Waals surface area contributed by atoms with Gasteiger partial charge in [0.05, 0.1) is 0 Å². The van der Waals surface area contributed by atoms with Crippen LogP contribution >= 0.6 is 0 Å². The molecule has 0 fully saturated rings. The van der Waals surface area contributed by atoms with Crippen molar-refractivity contribution in [1.29, 1.82) is 0 Å². The standard InChI is InChI=1S/C6H8F6O2/c1-14-3-5(9,10)6(11,12)4(7,8)2-13/h13H,2-3H2,1H3. The Balaban J connectivity index is 4.92. The Morgan fingerprint density at radius 3 is 1.71 bits per heavy atom. The lowest BCUT2D eigenvalue weighted by atomic mass is 10.1. The Morgan fingerprint density at radius 2 is 1.43 bits per heavy atom. The van der Waals surface area contributed by atoms with Gasteiger partial charge in [-0.3, -0.25) is 0 Å². The number of hydrogen-bond acceptors (Lipinski definition) is 2. The van der Waals surface area contributed by atoms with Crippen molar-refractivity contribution in [2.75, 3.05) is 20.3 Å². The lowest BCUT2D eigenvalue weighted by Gasteiger charge is -2.31. The topological polar surface area (TPSA) is 29.5 Å². The molecule has 0 rings (SSSR count). The van der Waals surface area contributed by atoms with Crippen LogP contribution in [0.1, 0.15) is 0 Å². The molecule has 0 radical (unpaired) electrons. The van der Waals surface area contributed by atoms with Gasteiger partial charge in [-0.05, 0) is 0 Å². The molecule has 0 aromatic carbocycles. The van der Waals surface area contributed by atoms with Gasteiger partial charge in [-0.25, -0.2) is 0 Å². The molecule has 8 heteroatoms. The molecule has 86 valence electrons. The molecule has 0 aliphatic heterocycles. The van der Waals surface area contributed by atoms with Gasteiger partial charge in [-0.2, -0.15) is 26.3 Å². The third kappa shape index (κ3) is 2.11. The van der Waals surface area contributed by atoms with E-state index in [0.29, 0.717) is 7.11 Å². The van der Waals surface area contributed by atoms with Gasteiger partial charge in [0.2, 0.25) is 0 Å². The zero-order valence-corrected chi connectivity index (χ0v) is 7.04. The van der Waals surface area contributed by atoms with E-state index in [4.69, 9.17) is 5.11 Å². The minimum Gasteiger partial charge on any atom is -0.390 e. The highest BCUT2D eigenvalue weighted by Gasteiger charge is 2.71. The van der Waals surface area contributed by atoms with E-state index in [0.717, 1.165) is 0 Å². The fraction of sp³-hybridized carbons (Fsp3) is 1.00. The molecule has 0 atom stereocenters. The maximum atomic E-state index is 12.4. The molecule has 0 aromatic rings. The lowest BCUT2D eigenvalue weighted by molar-refractivity contribution is -0.324. The van der Waals surface area contributed by atoms with Crippen molar-refractivity contribution in [3.8, 4) is 0 Å². The fourth-order valence-electron chi connectivity index (χ4n) is 0.639. The summed E-state index contributed by atoms with van der Waals surface area (Å²) in [6, 6.07) is 0. The highest BCUT2D eigenvalue weighted by molar-refractivity contribution is 4.95. The van der Waals surface area contributed by atoms with Crippen LogP contribution in [0.25, 0.3) is 0 Å². The van der Waals surface area contributed by atoms with Gasteiger partial charge in [0, 0.05) is 7.11 Å². The van der Waals surface area contributed by atoms with Crippen molar-refractivity contribution in [1.82, 2.24) is 0 Å². The zero-order chi connectivity index (χ0) is 11.6. The Morgan fingerprint density at radius 1 is 1.00 bits per heavy atom. The number of hydrogen-bond donors (Lipinski definition) is 1. The molecule has 1 N–H and O–H groups in total.